The predicted molar refractivity (Wildman–Crippen MR) is 88.9 cm³/mol. The minimum atomic E-state index is -1.40. The molecule has 2 aromatic rings. The third-order valence-corrected chi connectivity index (χ3v) is 4.58. The topological polar surface area (TPSA) is 109 Å². The standard InChI is InChI=1S/C18H18N2O5/c21-16-13(17(22)23)10-19-15-12(9-14(18(24)25)20(15)16)8-4-7-11-5-2-1-3-6-11/h1-3,5-6,10,12,14H,4,7-9H2,(H,22,23)(H,24,25)/t12?,14-/m0/s1. The Hall–Kier alpha value is -2.96. The molecule has 1 aliphatic rings. The highest BCUT2D eigenvalue weighted by Gasteiger charge is 2.38. The second kappa shape index (κ2) is 6.88. The molecule has 0 bridgehead atoms. The van der Waals surface area contributed by atoms with Crippen LogP contribution in [0.25, 0.3) is 0 Å². The van der Waals surface area contributed by atoms with E-state index in [2.05, 4.69) is 4.98 Å². The maximum Gasteiger partial charge on any atom is 0.342 e. The number of fused-ring (bicyclic) bond motifs is 1. The van der Waals surface area contributed by atoms with E-state index >= 15 is 0 Å². The maximum atomic E-state index is 12.3. The average molecular weight is 342 g/mol. The van der Waals surface area contributed by atoms with Gasteiger partial charge in [0.1, 0.15) is 17.4 Å². The first-order chi connectivity index (χ1) is 12.0. The van der Waals surface area contributed by atoms with Gasteiger partial charge in [0.25, 0.3) is 5.56 Å². The number of carboxylic acid groups (broad SMARTS) is 2. The van der Waals surface area contributed by atoms with Crippen molar-refractivity contribution in [2.24, 2.45) is 0 Å². The zero-order valence-electron chi connectivity index (χ0n) is 13.5. The van der Waals surface area contributed by atoms with Gasteiger partial charge >= 0.3 is 11.9 Å². The van der Waals surface area contributed by atoms with Crippen LogP contribution in [0.4, 0.5) is 0 Å². The third kappa shape index (κ3) is 3.31. The number of aromatic nitrogens is 2. The molecule has 0 fully saturated rings. The van der Waals surface area contributed by atoms with Crippen molar-refractivity contribution in [3.8, 4) is 0 Å². The first-order valence-corrected chi connectivity index (χ1v) is 8.10. The maximum absolute atomic E-state index is 12.3. The fraction of sp³-hybridized carbons (Fsp3) is 0.333. The molecular weight excluding hydrogens is 324 g/mol. The van der Waals surface area contributed by atoms with Crippen molar-refractivity contribution in [3.05, 3.63) is 63.8 Å². The molecule has 0 amide bonds. The smallest absolute Gasteiger partial charge is 0.342 e. The number of carbonyl (C=O) groups is 2. The number of carboxylic acids is 2. The molecule has 1 aromatic carbocycles. The van der Waals surface area contributed by atoms with E-state index in [4.69, 9.17) is 5.11 Å². The van der Waals surface area contributed by atoms with Gasteiger partial charge in [-0.1, -0.05) is 30.3 Å². The minimum Gasteiger partial charge on any atom is -0.480 e. The summed E-state index contributed by atoms with van der Waals surface area (Å²) >= 11 is 0. The van der Waals surface area contributed by atoms with Crippen molar-refractivity contribution < 1.29 is 19.8 Å². The SMILES string of the molecule is O=C(O)c1cnc2n(c1=O)[C@H](C(=O)O)CC2CCCc1ccccc1. The van der Waals surface area contributed by atoms with E-state index in [1.54, 1.807) is 0 Å². The Balaban J connectivity index is 1.82. The molecule has 2 heterocycles. The molecule has 0 aliphatic carbocycles. The lowest BCUT2D eigenvalue weighted by Crippen LogP contribution is -2.32. The van der Waals surface area contributed by atoms with Crippen LogP contribution in [0.1, 0.15) is 53.0 Å². The van der Waals surface area contributed by atoms with Crippen molar-refractivity contribution in [3.63, 3.8) is 0 Å². The summed E-state index contributed by atoms with van der Waals surface area (Å²) in [5.74, 6) is -2.33. The van der Waals surface area contributed by atoms with Gasteiger partial charge in [-0.3, -0.25) is 9.36 Å². The Morgan fingerprint density at radius 2 is 1.92 bits per heavy atom. The highest BCUT2D eigenvalue weighted by atomic mass is 16.4. The summed E-state index contributed by atoms with van der Waals surface area (Å²) in [5, 5.41) is 18.5. The first-order valence-electron chi connectivity index (χ1n) is 8.10. The van der Waals surface area contributed by atoms with Gasteiger partial charge in [-0.05, 0) is 31.2 Å². The summed E-state index contributed by atoms with van der Waals surface area (Å²) in [5.41, 5.74) is -0.0998. The highest BCUT2D eigenvalue weighted by Crippen LogP contribution is 2.36. The lowest BCUT2D eigenvalue weighted by molar-refractivity contribution is -0.140. The van der Waals surface area contributed by atoms with Crippen LogP contribution in [0.5, 0.6) is 0 Å². The Labute approximate surface area is 143 Å². The summed E-state index contributed by atoms with van der Waals surface area (Å²) in [6, 6.07) is 8.89. The zero-order valence-corrected chi connectivity index (χ0v) is 13.5. The number of hydrogen-bond donors (Lipinski definition) is 2. The molecule has 130 valence electrons. The summed E-state index contributed by atoms with van der Waals surface area (Å²) in [6.07, 6.45) is 3.67. The van der Waals surface area contributed by atoms with E-state index in [1.807, 2.05) is 30.3 Å². The largest absolute Gasteiger partial charge is 0.480 e. The van der Waals surface area contributed by atoms with Crippen LogP contribution in [-0.4, -0.2) is 31.7 Å². The molecule has 25 heavy (non-hydrogen) atoms. The van der Waals surface area contributed by atoms with Gasteiger partial charge in [0.15, 0.2) is 0 Å². The number of hydrogen-bond acceptors (Lipinski definition) is 4. The van der Waals surface area contributed by atoms with Crippen LogP contribution < -0.4 is 5.56 Å². The van der Waals surface area contributed by atoms with E-state index in [9.17, 15) is 19.5 Å². The zero-order chi connectivity index (χ0) is 18.0. The van der Waals surface area contributed by atoms with Crippen molar-refractivity contribution in [1.82, 2.24) is 9.55 Å². The van der Waals surface area contributed by atoms with Gasteiger partial charge in [0.2, 0.25) is 0 Å². The second-order valence-corrected chi connectivity index (χ2v) is 6.17. The van der Waals surface area contributed by atoms with Crippen LogP contribution >= 0.6 is 0 Å². The molecule has 1 aliphatic heterocycles. The fourth-order valence-electron chi connectivity index (χ4n) is 3.37. The van der Waals surface area contributed by atoms with Gasteiger partial charge in [-0.2, -0.15) is 0 Å². The van der Waals surface area contributed by atoms with E-state index in [0.29, 0.717) is 12.2 Å². The molecule has 0 radical (unpaired) electrons. The van der Waals surface area contributed by atoms with Crippen LogP contribution in [-0.2, 0) is 11.2 Å². The number of aryl methyl sites for hydroxylation is 1. The Bertz CT molecular complexity index is 860. The predicted octanol–water partition coefficient (Wildman–Crippen LogP) is 2.08. The lowest BCUT2D eigenvalue weighted by atomic mass is 9.96. The number of aliphatic carboxylic acids is 1. The van der Waals surface area contributed by atoms with Crippen molar-refractivity contribution in [1.29, 1.82) is 0 Å². The van der Waals surface area contributed by atoms with Crippen LogP contribution in [0.3, 0.4) is 0 Å². The van der Waals surface area contributed by atoms with Crippen molar-refractivity contribution >= 4 is 11.9 Å². The molecule has 7 heteroatoms. The second-order valence-electron chi connectivity index (χ2n) is 6.17. The Kier molecular flexibility index (Phi) is 4.65. The normalized spacial score (nSPS) is 18.7. The van der Waals surface area contributed by atoms with E-state index in [-0.39, 0.29) is 12.3 Å². The lowest BCUT2D eigenvalue weighted by Gasteiger charge is -2.10. The van der Waals surface area contributed by atoms with Crippen LogP contribution in [0, 0.1) is 0 Å². The molecule has 1 unspecified atom stereocenters. The monoisotopic (exact) mass is 342 g/mol. The van der Waals surface area contributed by atoms with Gasteiger partial charge in [-0.25, -0.2) is 14.6 Å². The molecule has 7 nitrogen and oxygen atoms in total. The van der Waals surface area contributed by atoms with Gasteiger partial charge in [-0.15, -0.1) is 0 Å². The molecule has 3 rings (SSSR count). The highest BCUT2D eigenvalue weighted by molar-refractivity contribution is 5.87. The van der Waals surface area contributed by atoms with Crippen molar-refractivity contribution in [2.45, 2.75) is 37.6 Å². The molecule has 2 atom stereocenters. The Morgan fingerprint density at radius 3 is 2.56 bits per heavy atom. The average Bonchev–Trinajstić information content (AvgIpc) is 2.96. The number of benzene rings is 1. The fourth-order valence-corrected chi connectivity index (χ4v) is 3.37. The first kappa shape index (κ1) is 16.9. The number of rotatable bonds is 6. The molecule has 2 N–H and O–H groups in total. The molecule has 0 saturated carbocycles. The summed E-state index contributed by atoms with van der Waals surface area (Å²) in [6.45, 7) is 0. The van der Waals surface area contributed by atoms with Crippen LogP contribution in [0.2, 0.25) is 0 Å². The van der Waals surface area contributed by atoms with Crippen LogP contribution in [0.15, 0.2) is 41.3 Å². The molecule has 0 spiro atoms. The minimum absolute atomic E-state index is 0.166. The van der Waals surface area contributed by atoms with E-state index in [0.717, 1.165) is 23.6 Å². The molecule has 0 saturated heterocycles. The van der Waals surface area contributed by atoms with Gasteiger partial charge in [0.05, 0.1) is 0 Å². The van der Waals surface area contributed by atoms with E-state index in [1.165, 1.54) is 5.56 Å². The third-order valence-electron chi connectivity index (χ3n) is 4.58. The Morgan fingerprint density at radius 1 is 1.20 bits per heavy atom. The summed E-state index contributed by atoms with van der Waals surface area (Å²) < 4.78 is 1.04. The summed E-state index contributed by atoms with van der Waals surface area (Å²) in [4.78, 5) is 39.0. The molecular formula is C18H18N2O5. The van der Waals surface area contributed by atoms with Gasteiger partial charge in [0, 0.05) is 12.1 Å². The van der Waals surface area contributed by atoms with E-state index < -0.39 is 29.1 Å². The van der Waals surface area contributed by atoms with Gasteiger partial charge < -0.3 is 10.2 Å². The number of aromatic carboxylic acids is 1. The molecule has 1 aromatic heterocycles. The number of nitrogens with zero attached hydrogens (tertiary/aromatic N) is 2. The van der Waals surface area contributed by atoms with Crippen molar-refractivity contribution in [2.75, 3.05) is 0 Å². The summed E-state index contributed by atoms with van der Waals surface area (Å²) in [7, 11) is 0. The quantitative estimate of drug-likeness (QED) is 0.832.